The van der Waals surface area contributed by atoms with Gasteiger partial charge >= 0.3 is 0 Å². The maximum atomic E-state index is 12.6. The highest BCUT2D eigenvalue weighted by Gasteiger charge is 2.29. The fourth-order valence-electron chi connectivity index (χ4n) is 12.5. The van der Waals surface area contributed by atoms with E-state index in [-0.39, 0.29) is 54.8 Å². The summed E-state index contributed by atoms with van der Waals surface area (Å²) < 4.78 is 13.3. The van der Waals surface area contributed by atoms with Crippen LogP contribution in [-0.2, 0) is 43.3 Å². The van der Waals surface area contributed by atoms with Crippen molar-refractivity contribution >= 4 is 22.7 Å². The summed E-state index contributed by atoms with van der Waals surface area (Å²) in [5, 5.41) is 29.3. The van der Waals surface area contributed by atoms with Crippen molar-refractivity contribution in [2.24, 2.45) is 0 Å². The molecule has 0 radical (unpaired) electrons. The summed E-state index contributed by atoms with van der Waals surface area (Å²) in [5.74, 6) is 1.93. The third-order valence-corrected chi connectivity index (χ3v) is 21.4. The van der Waals surface area contributed by atoms with Crippen molar-refractivity contribution in [2.75, 3.05) is 13.2 Å². The highest BCUT2D eigenvalue weighted by atomic mass is 32.1. The molecule has 0 aliphatic carbocycles. The molecule has 0 aliphatic rings. The van der Waals surface area contributed by atoms with Crippen LogP contribution in [0.25, 0.3) is 87.6 Å². The number of aromatic hydroxyl groups is 2. The van der Waals surface area contributed by atoms with Gasteiger partial charge in [0.25, 0.3) is 0 Å². The second-order valence-corrected chi connectivity index (χ2v) is 37.6. The lowest BCUT2D eigenvalue weighted by atomic mass is 9.78. The Labute approximate surface area is 597 Å². The minimum atomic E-state index is -0.0592. The topological polar surface area (TPSA) is 58.9 Å². The molecule has 2 heterocycles. The molecule has 0 bridgehead atoms. The van der Waals surface area contributed by atoms with Gasteiger partial charge in [-0.15, -0.1) is 22.7 Å². The Kier molecular flexibility index (Phi) is 20.2. The van der Waals surface area contributed by atoms with E-state index >= 15 is 0 Å². The zero-order valence-electron chi connectivity index (χ0n) is 63.5. The van der Waals surface area contributed by atoms with Crippen LogP contribution in [0.2, 0.25) is 0 Å². The summed E-state index contributed by atoms with van der Waals surface area (Å²) in [6, 6.07) is 58.4. The molecule has 514 valence electrons. The van der Waals surface area contributed by atoms with Crippen molar-refractivity contribution in [3.05, 3.63) is 213 Å². The summed E-state index contributed by atoms with van der Waals surface area (Å²) in [6.07, 6.45) is 1.48. The van der Waals surface area contributed by atoms with E-state index < -0.39 is 0 Å². The number of thiophene rings is 2. The van der Waals surface area contributed by atoms with Crippen molar-refractivity contribution < 1.29 is 19.7 Å². The first-order chi connectivity index (χ1) is 45.4. The highest BCUT2D eigenvalue weighted by molar-refractivity contribution is 7.14. The Bertz CT molecular complexity index is 3930. The number of benzene rings is 8. The molecule has 0 spiro atoms. The lowest BCUT2D eigenvalue weighted by Crippen LogP contribution is -2.16. The van der Waals surface area contributed by atoms with Gasteiger partial charge in [-0.2, -0.15) is 0 Å². The number of rotatable bonds is 15. The van der Waals surface area contributed by atoms with Gasteiger partial charge in [-0.05, 0) is 205 Å². The maximum Gasteiger partial charge on any atom is 0.142 e. The summed E-state index contributed by atoms with van der Waals surface area (Å²) >= 11 is 3.14. The van der Waals surface area contributed by atoms with Gasteiger partial charge in [0.15, 0.2) is 0 Å². The van der Waals surface area contributed by atoms with Crippen molar-refractivity contribution in [1.82, 2.24) is 0 Å². The molecule has 10 rings (SSSR count). The SMILES string of the molecule is CC(C)(C)c1cc(-c2cc(-c3cc(C(C)(C)C)cc(C(C)(C)C)c3)cc(-c3scc(-c4ccccc4OCCCCOc4ccccc4-c4csc(-c5cc(-c6cc(C(C)(C)C)cc(C(C)(C)C)c6)cc(-c6cc(C(C)(C)C)cc(C(C)(C)C)c6)c5)c4O)c3O)c2)cc(C(C)(C)C)c1. The minimum Gasteiger partial charge on any atom is -0.506 e. The Balaban J connectivity index is 0.914. The van der Waals surface area contributed by atoms with E-state index in [1.165, 1.54) is 66.8 Å². The number of unbranched alkanes of at least 4 members (excludes halogenated alkanes) is 1. The summed E-state index contributed by atoms with van der Waals surface area (Å²) in [4.78, 5) is 1.63. The molecule has 0 atom stereocenters. The van der Waals surface area contributed by atoms with Crippen molar-refractivity contribution in [3.63, 3.8) is 0 Å². The van der Waals surface area contributed by atoms with E-state index in [0.717, 1.165) is 89.7 Å². The standard InChI is InChI=1S/C92H110O4S2/c1-85(2,3)67-43-61(44-68(51-67)86(4,5)6)57-37-58(62-45-69(87(7,8)9)52-70(46-62)88(10,11)12)40-65(39-57)83-81(93)77(55-97-83)75-31-25-27-33-79(75)95-35-29-30-36-96-80-34-28-26-32-76(80)78-56-98-84(82(78)94)66-41-59(63-47-71(89(13,14)15)53-72(48-63)90(16,17)18)38-60(42-66)64-49-73(91(19,20)21)54-74(50-64)92(22,23)24/h25-28,31-34,37-56,93-94H,29-30,35-36H2,1-24H3. The van der Waals surface area contributed by atoms with Crippen LogP contribution in [0.5, 0.6) is 23.0 Å². The minimum absolute atomic E-state index is 0.0592. The van der Waals surface area contributed by atoms with Crippen LogP contribution in [0, 0.1) is 0 Å². The van der Waals surface area contributed by atoms with Crippen LogP contribution in [0.15, 0.2) is 168 Å². The monoisotopic (exact) mass is 1340 g/mol. The van der Waals surface area contributed by atoms with E-state index in [2.05, 4.69) is 286 Å². The van der Waals surface area contributed by atoms with Crippen LogP contribution < -0.4 is 9.47 Å². The largest absolute Gasteiger partial charge is 0.506 e. The lowest BCUT2D eigenvalue weighted by molar-refractivity contribution is 0.267. The van der Waals surface area contributed by atoms with E-state index in [4.69, 9.17) is 9.47 Å². The van der Waals surface area contributed by atoms with Crippen LogP contribution in [-0.4, -0.2) is 23.4 Å². The normalized spacial score (nSPS) is 12.9. The zero-order chi connectivity index (χ0) is 71.6. The number of para-hydroxylation sites is 2. The predicted octanol–water partition coefficient (Wildman–Crippen LogP) is 27.2. The molecule has 98 heavy (non-hydrogen) atoms. The average molecular weight is 1340 g/mol. The number of ether oxygens (including phenoxy) is 2. The van der Waals surface area contributed by atoms with Crippen molar-refractivity contribution in [3.8, 4) is 111 Å². The van der Waals surface area contributed by atoms with Gasteiger partial charge in [-0.3, -0.25) is 0 Å². The molecule has 0 fully saturated rings. The Morgan fingerprint density at radius 2 is 0.459 bits per heavy atom. The van der Waals surface area contributed by atoms with E-state index in [1.54, 1.807) is 22.7 Å². The zero-order valence-corrected chi connectivity index (χ0v) is 65.2. The Morgan fingerprint density at radius 1 is 0.255 bits per heavy atom. The summed E-state index contributed by atoms with van der Waals surface area (Å²) in [6.45, 7) is 56.0. The summed E-state index contributed by atoms with van der Waals surface area (Å²) in [7, 11) is 0. The second-order valence-electron chi connectivity index (χ2n) is 35.8. The van der Waals surface area contributed by atoms with E-state index in [0.29, 0.717) is 13.2 Å². The van der Waals surface area contributed by atoms with Crippen LogP contribution in [0.4, 0.5) is 0 Å². The first-order valence-corrected chi connectivity index (χ1v) is 37.2. The van der Waals surface area contributed by atoms with Crippen LogP contribution in [0.3, 0.4) is 0 Å². The molecule has 0 aliphatic heterocycles. The summed E-state index contributed by atoms with van der Waals surface area (Å²) in [5.41, 5.74) is 24.2. The Hall–Kier alpha value is -7.64. The lowest BCUT2D eigenvalue weighted by Gasteiger charge is -2.27. The fourth-order valence-corrected chi connectivity index (χ4v) is 14.4. The molecular weight excluding hydrogens is 1230 g/mol. The quantitative estimate of drug-likeness (QED) is 0.100. The molecule has 6 heteroatoms. The van der Waals surface area contributed by atoms with Gasteiger partial charge in [0, 0.05) is 33.0 Å². The third-order valence-electron chi connectivity index (χ3n) is 19.3. The van der Waals surface area contributed by atoms with E-state index in [1.807, 2.05) is 48.5 Å². The highest BCUT2D eigenvalue weighted by Crippen LogP contribution is 2.51. The van der Waals surface area contributed by atoms with Gasteiger partial charge in [-0.25, -0.2) is 0 Å². The van der Waals surface area contributed by atoms with Gasteiger partial charge in [-0.1, -0.05) is 275 Å². The molecule has 8 aromatic carbocycles. The number of hydrogen-bond donors (Lipinski definition) is 2. The molecule has 4 nitrogen and oxygen atoms in total. The molecular formula is C92H110O4S2. The molecule has 0 unspecified atom stereocenters. The van der Waals surface area contributed by atoms with Gasteiger partial charge < -0.3 is 19.7 Å². The van der Waals surface area contributed by atoms with Crippen molar-refractivity contribution in [1.29, 1.82) is 0 Å². The molecule has 0 saturated heterocycles. The molecule has 2 aromatic heterocycles. The predicted molar refractivity (Wildman–Crippen MR) is 425 cm³/mol. The fraction of sp³-hybridized carbons (Fsp3) is 0.391. The first kappa shape index (κ1) is 73.1. The average Bonchev–Trinajstić information content (AvgIpc) is 1.17. The van der Waals surface area contributed by atoms with Gasteiger partial charge in [0.05, 0.1) is 23.0 Å². The van der Waals surface area contributed by atoms with Crippen LogP contribution in [0.1, 0.15) is 224 Å². The second kappa shape index (κ2) is 27.1. The van der Waals surface area contributed by atoms with Gasteiger partial charge in [0.1, 0.15) is 23.0 Å². The molecule has 0 saturated carbocycles. The smallest absolute Gasteiger partial charge is 0.142 e. The maximum absolute atomic E-state index is 12.6. The Morgan fingerprint density at radius 3 is 0.684 bits per heavy atom. The van der Waals surface area contributed by atoms with Gasteiger partial charge in [0.2, 0.25) is 0 Å². The van der Waals surface area contributed by atoms with Crippen molar-refractivity contribution in [2.45, 2.75) is 222 Å². The first-order valence-electron chi connectivity index (χ1n) is 35.4. The number of hydrogen-bond acceptors (Lipinski definition) is 6. The molecule has 2 N–H and O–H groups in total. The molecule has 0 amide bonds. The third kappa shape index (κ3) is 16.6. The molecule has 10 aromatic rings. The van der Waals surface area contributed by atoms with E-state index in [9.17, 15) is 10.2 Å². The van der Waals surface area contributed by atoms with Crippen LogP contribution >= 0.6 is 22.7 Å².